The molecule has 3 aromatic rings. The second-order valence-corrected chi connectivity index (χ2v) is 11.0. The van der Waals surface area contributed by atoms with Crippen LogP contribution in [-0.2, 0) is 22.5 Å². The van der Waals surface area contributed by atoms with Crippen LogP contribution in [0.4, 0.5) is 10.2 Å². The summed E-state index contributed by atoms with van der Waals surface area (Å²) in [5, 5.41) is 17.8. The van der Waals surface area contributed by atoms with Crippen molar-refractivity contribution in [2.45, 2.75) is 60.8 Å². The Hall–Kier alpha value is -2.86. The zero-order valence-corrected chi connectivity index (χ0v) is 21.2. The van der Waals surface area contributed by atoms with Crippen LogP contribution in [0.2, 0.25) is 0 Å². The summed E-state index contributed by atoms with van der Waals surface area (Å²) in [7, 11) is 1.51. The van der Waals surface area contributed by atoms with Gasteiger partial charge in [-0.05, 0) is 43.9 Å². The molecule has 1 aliphatic carbocycles. The summed E-state index contributed by atoms with van der Waals surface area (Å²) in [4.78, 5) is 25.8. The molecule has 0 spiro atoms. The molecule has 2 bridgehead atoms. The highest BCUT2D eigenvalue weighted by atomic mass is 32.2. The zero-order chi connectivity index (χ0) is 25.6. The van der Waals surface area contributed by atoms with E-state index >= 15 is 0 Å². The van der Waals surface area contributed by atoms with Crippen molar-refractivity contribution in [2.75, 3.05) is 24.8 Å². The Morgan fingerprint density at radius 1 is 1.24 bits per heavy atom. The summed E-state index contributed by atoms with van der Waals surface area (Å²) in [6, 6.07) is 7.38. The summed E-state index contributed by atoms with van der Waals surface area (Å²) in [6.45, 7) is 1.00. The number of hydrogen-bond acceptors (Lipinski definition) is 9. The number of ether oxygens (including phenoxy) is 2. The number of halogens is 1. The van der Waals surface area contributed by atoms with E-state index in [0.717, 1.165) is 23.4 Å². The van der Waals surface area contributed by atoms with E-state index in [1.807, 2.05) is 12.1 Å². The summed E-state index contributed by atoms with van der Waals surface area (Å²) in [5.74, 6) is 0.858. The summed E-state index contributed by atoms with van der Waals surface area (Å²) >= 11 is 1.49. The van der Waals surface area contributed by atoms with Crippen molar-refractivity contribution in [1.29, 1.82) is 0 Å². The van der Waals surface area contributed by atoms with Crippen molar-refractivity contribution in [3.63, 3.8) is 0 Å². The van der Waals surface area contributed by atoms with Crippen LogP contribution in [0.3, 0.4) is 0 Å². The van der Waals surface area contributed by atoms with E-state index in [2.05, 4.69) is 25.6 Å². The van der Waals surface area contributed by atoms with Crippen LogP contribution in [0.1, 0.15) is 36.9 Å². The molecular formula is C26H28FN5O4S. The molecule has 3 N–H and O–H groups in total. The zero-order valence-electron chi connectivity index (χ0n) is 20.4. The lowest BCUT2D eigenvalue weighted by Gasteiger charge is -2.55. The van der Waals surface area contributed by atoms with Crippen molar-refractivity contribution in [2.24, 2.45) is 0 Å². The average Bonchev–Trinajstić information content (AvgIpc) is 2.94. The van der Waals surface area contributed by atoms with E-state index < -0.39 is 17.5 Å². The molecule has 9 nitrogen and oxygen atoms in total. The third-order valence-corrected chi connectivity index (χ3v) is 8.87. The van der Waals surface area contributed by atoms with Gasteiger partial charge in [0.05, 0.1) is 59.0 Å². The molecular weight excluding hydrogens is 497 g/mol. The first-order valence-electron chi connectivity index (χ1n) is 12.4. The molecule has 0 radical (unpaired) electrons. The molecule has 6 heterocycles. The van der Waals surface area contributed by atoms with Gasteiger partial charge in [-0.2, -0.15) is 0 Å². The molecule has 2 saturated heterocycles. The van der Waals surface area contributed by atoms with Crippen molar-refractivity contribution < 1.29 is 23.8 Å². The Kier molecular flexibility index (Phi) is 6.26. The summed E-state index contributed by atoms with van der Waals surface area (Å²) in [5.41, 5.74) is 1.17. The maximum atomic E-state index is 14.8. The molecule has 4 aliphatic rings. The van der Waals surface area contributed by atoms with Crippen LogP contribution in [0.25, 0.3) is 11.0 Å². The molecule has 1 saturated carbocycles. The Balaban J connectivity index is 1.13. The lowest BCUT2D eigenvalue weighted by Crippen LogP contribution is -2.65. The van der Waals surface area contributed by atoms with Crippen molar-refractivity contribution >= 4 is 34.5 Å². The number of aromatic nitrogens is 3. The molecule has 3 aliphatic heterocycles. The van der Waals surface area contributed by atoms with Gasteiger partial charge in [0, 0.05) is 30.1 Å². The molecule has 194 valence electrons. The Morgan fingerprint density at radius 3 is 2.84 bits per heavy atom. The van der Waals surface area contributed by atoms with Gasteiger partial charge in [0.25, 0.3) is 0 Å². The number of rotatable bonds is 7. The molecule has 0 unspecified atom stereocenters. The minimum absolute atomic E-state index is 0.0360. The number of fused-ring (bicyclic) bond motifs is 5. The van der Waals surface area contributed by atoms with Gasteiger partial charge < -0.3 is 25.2 Å². The first-order chi connectivity index (χ1) is 17.9. The van der Waals surface area contributed by atoms with Gasteiger partial charge in [0.1, 0.15) is 11.6 Å². The number of amides is 1. The van der Waals surface area contributed by atoms with Crippen molar-refractivity contribution in [1.82, 2.24) is 20.3 Å². The van der Waals surface area contributed by atoms with Crippen LogP contribution >= 0.6 is 11.8 Å². The monoisotopic (exact) mass is 525 g/mol. The quantitative estimate of drug-likeness (QED) is 0.428. The van der Waals surface area contributed by atoms with Gasteiger partial charge in [-0.25, -0.2) is 14.4 Å². The van der Waals surface area contributed by atoms with Crippen LogP contribution < -0.4 is 15.4 Å². The number of nitrogens with zero attached hydrogens (tertiary/aromatic N) is 3. The molecule has 3 aromatic heterocycles. The lowest BCUT2D eigenvalue weighted by molar-refractivity contribution is -0.208. The third-order valence-electron chi connectivity index (χ3n) is 7.82. The maximum absolute atomic E-state index is 14.8. The van der Waals surface area contributed by atoms with E-state index in [4.69, 9.17) is 9.47 Å². The Bertz CT molecular complexity index is 1350. The fourth-order valence-electron chi connectivity index (χ4n) is 5.52. The number of hydrogen-bond donors (Lipinski definition) is 3. The smallest absolute Gasteiger partial charge is 0.235 e. The van der Waals surface area contributed by atoms with E-state index in [1.165, 1.54) is 25.1 Å². The van der Waals surface area contributed by atoms with Gasteiger partial charge in [0.15, 0.2) is 0 Å². The van der Waals surface area contributed by atoms with Gasteiger partial charge >= 0.3 is 0 Å². The van der Waals surface area contributed by atoms with E-state index in [-0.39, 0.29) is 17.9 Å². The predicted molar refractivity (Wildman–Crippen MR) is 136 cm³/mol. The van der Waals surface area contributed by atoms with Gasteiger partial charge in [-0.3, -0.25) is 9.78 Å². The summed E-state index contributed by atoms with van der Waals surface area (Å²) < 4.78 is 26.4. The minimum atomic E-state index is -0.887. The number of thioether (sulfide) groups is 1. The van der Waals surface area contributed by atoms with Gasteiger partial charge in [-0.15, -0.1) is 11.8 Å². The summed E-state index contributed by atoms with van der Waals surface area (Å²) in [6.07, 6.45) is 3.34. The topological polar surface area (TPSA) is 118 Å². The number of aliphatic hydroxyl groups is 1. The number of carbonyl (C=O) groups is 1. The number of anilines is 1. The highest BCUT2D eigenvalue weighted by Crippen LogP contribution is 2.46. The third kappa shape index (κ3) is 4.54. The standard InChI is InChI=1S/C26H28FN5O4S/c1-35-22-5-3-18-23(32-22)16(17(27)12-28-18)10-20(33)26-8-6-25(7-9-26,14-36-26)29-11-15-2-4-19-24(30-15)31-21(34)13-37-19/h2-5,12,20,29,33H,6-11,13-14H2,1H3,(H,30,31,34)/t20-,25?,26?/m0/s1. The van der Waals surface area contributed by atoms with Crippen molar-refractivity contribution in [3.05, 3.63) is 47.5 Å². The van der Waals surface area contributed by atoms with Gasteiger partial charge in [-0.1, -0.05) is 0 Å². The number of nitrogens with one attached hydrogen (secondary N) is 2. The molecule has 0 aromatic carbocycles. The van der Waals surface area contributed by atoms with Crippen LogP contribution in [0.5, 0.6) is 5.88 Å². The molecule has 11 heteroatoms. The molecule has 7 rings (SSSR count). The second-order valence-electron chi connectivity index (χ2n) is 10.00. The fraction of sp³-hybridized carbons (Fsp3) is 0.462. The number of pyridine rings is 3. The van der Waals surface area contributed by atoms with Crippen LogP contribution in [0.15, 0.2) is 35.4 Å². The van der Waals surface area contributed by atoms with E-state index in [0.29, 0.717) is 60.0 Å². The maximum Gasteiger partial charge on any atom is 0.235 e. The molecule has 1 atom stereocenters. The SMILES string of the molecule is COc1ccc2ncc(F)c(C[C@H](O)C34CCC(NCc5ccc6c(n5)NC(=O)CS6)(CC3)CO4)c2n1. The highest BCUT2D eigenvalue weighted by molar-refractivity contribution is 8.00. The first-order valence-corrected chi connectivity index (χ1v) is 13.4. The second kappa shape index (κ2) is 9.46. The van der Waals surface area contributed by atoms with Crippen molar-refractivity contribution in [3.8, 4) is 5.88 Å². The number of aliphatic hydroxyl groups excluding tert-OH is 1. The molecule has 37 heavy (non-hydrogen) atoms. The number of carbonyl (C=O) groups excluding carboxylic acids is 1. The Labute approximate surface area is 217 Å². The van der Waals surface area contributed by atoms with Gasteiger partial charge in [0.2, 0.25) is 11.8 Å². The van der Waals surface area contributed by atoms with Crippen LogP contribution in [-0.4, -0.2) is 62.7 Å². The number of methoxy groups -OCH3 is 1. The van der Waals surface area contributed by atoms with Crippen LogP contribution in [0, 0.1) is 5.82 Å². The first kappa shape index (κ1) is 24.5. The normalized spacial score (nSPS) is 25.5. The minimum Gasteiger partial charge on any atom is -0.481 e. The Morgan fingerprint density at radius 2 is 2.08 bits per heavy atom. The molecule has 3 fully saturated rings. The highest BCUT2D eigenvalue weighted by Gasteiger charge is 2.53. The molecule has 1 amide bonds. The van der Waals surface area contributed by atoms with E-state index in [1.54, 1.807) is 12.1 Å². The van der Waals surface area contributed by atoms with E-state index in [9.17, 15) is 14.3 Å². The fourth-order valence-corrected chi connectivity index (χ4v) is 6.28. The predicted octanol–water partition coefficient (Wildman–Crippen LogP) is 2.99. The average molecular weight is 526 g/mol. The lowest BCUT2D eigenvalue weighted by atomic mass is 9.68. The largest absolute Gasteiger partial charge is 0.481 e.